The van der Waals surface area contributed by atoms with Gasteiger partial charge in [0.05, 0.1) is 32.1 Å². The van der Waals surface area contributed by atoms with Crippen LogP contribution in [0.25, 0.3) is 5.65 Å². The molecule has 0 N–H and O–H groups in total. The lowest BCUT2D eigenvalue weighted by Crippen LogP contribution is -2.44. The molecule has 0 aromatic carbocycles. The van der Waals surface area contributed by atoms with E-state index in [-0.39, 0.29) is 6.04 Å². The van der Waals surface area contributed by atoms with Crippen molar-refractivity contribution in [3.63, 3.8) is 0 Å². The normalized spacial score (nSPS) is 19.0. The van der Waals surface area contributed by atoms with Crippen molar-refractivity contribution < 1.29 is 14.3 Å². The van der Waals surface area contributed by atoms with Crippen LogP contribution in [0.2, 0.25) is 0 Å². The van der Waals surface area contributed by atoms with E-state index in [1.54, 1.807) is 11.4 Å². The summed E-state index contributed by atoms with van der Waals surface area (Å²) in [5.41, 5.74) is 0.907. The third-order valence-corrected chi connectivity index (χ3v) is 3.51. The Morgan fingerprint density at radius 1 is 1.57 bits per heavy atom. The van der Waals surface area contributed by atoms with Gasteiger partial charge < -0.3 is 14.4 Å². The molecular weight excluding hydrogens is 272 g/mol. The molecule has 0 aliphatic carbocycles. The van der Waals surface area contributed by atoms with Crippen molar-refractivity contribution in [3.05, 3.63) is 24.0 Å². The Morgan fingerprint density at radius 3 is 3.19 bits per heavy atom. The first kappa shape index (κ1) is 13.8. The van der Waals surface area contributed by atoms with Crippen molar-refractivity contribution in [1.29, 1.82) is 0 Å². The van der Waals surface area contributed by atoms with E-state index in [4.69, 9.17) is 9.47 Å². The highest BCUT2D eigenvalue weighted by Gasteiger charge is 2.22. The maximum absolute atomic E-state index is 11.9. The van der Waals surface area contributed by atoms with E-state index >= 15 is 0 Å². The number of ether oxygens (including phenoxy) is 2. The minimum Gasteiger partial charge on any atom is -0.462 e. The third kappa shape index (κ3) is 2.56. The van der Waals surface area contributed by atoms with E-state index in [0.29, 0.717) is 31.0 Å². The molecule has 7 heteroatoms. The van der Waals surface area contributed by atoms with Gasteiger partial charge in [0.15, 0.2) is 5.65 Å². The average molecular weight is 290 g/mol. The second-order valence-electron chi connectivity index (χ2n) is 4.95. The smallest absolute Gasteiger partial charge is 0.343 e. The molecule has 0 bridgehead atoms. The minimum atomic E-state index is -0.396. The molecule has 0 amide bonds. The van der Waals surface area contributed by atoms with Gasteiger partial charge in [-0.2, -0.15) is 5.10 Å². The van der Waals surface area contributed by atoms with E-state index in [1.165, 1.54) is 6.20 Å². The van der Waals surface area contributed by atoms with Crippen LogP contribution in [0.15, 0.2) is 18.5 Å². The first-order chi connectivity index (χ1) is 10.2. The molecule has 0 spiro atoms. The molecule has 2 aromatic heterocycles. The quantitative estimate of drug-likeness (QED) is 0.789. The fourth-order valence-electron chi connectivity index (χ4n) is 2.44. The van der Waals surface area contributed by atoms with Gasteiger partial charge in [-0.25, -0.2) is 14.3 Å². The highest BCUT2D eigenvalue weighted by atomic mass is 16.5. The standard InChI is InChI=1S/C14H18N4O3/c1-3-21-14(19)11-8-15-18-5-4-12(16-13(11)18)17-6-7-20-9-10(17)2/h4-5,8,10H,3,6-7,9H2,1-2H3/t10-/m1/s1. The van der Waals surface area contributed by atoms with Gasteiger partial charge in [0.1, 0.15) is 11.4 Å². The van der Waals surface area contributed by atoms with Crippen LogP contribution in [0.3, 0.4) is 0 Å². The predicted molar refractivity (Wildman–Crippen MR) is 76.6 cm³/mol. The number of aromatic nitrogens is 3. The summed E-state index contributed by atoms with van der Waals surface area (Å²) in [6.45, 7) is 6.34. The number of hydrogen-bond acceptors (Lipinski definition) is 6. The third-order valence-electron chi connectivity index (χ3n) is 3.51. The molecule has 7 nitrogen and oxygen atoms in total. The summed E-state index contributed by atoms with van der Waals surface area (Å²) in [6, 6.07) is 2.15. The second-order valence-corrected chi connectivity index (χ2v) is 4.95. The van der Waals surface area contributed by atoms with Crippen LogP contribution in [0, 0.1) is 0 Å². The molecule has 2 aromatic rings. The Balaban J connectivity index is 1.98. The lowest BCUT2D eigenvalue weighted by Gasteiger charge is -2.34. The van der Waals surface area contributed by atoms with Gasteiger partial charge >= 0.3 is 5.97 Å². The van der Waals surface area contributed by atoms with Crippen LogP contribution < -0.4 is 4.90 Å². The molecule has 1 atom stereocenters. The summed E-state index contributed by atoms with van der Waals surface area (Å²) in [6.07, 6.45) is 3.30. The number of anilines is 1. The van der Waals surface area contributed by atoms with Crippen LogP contribution >= 0.6 is 0 Å². The van der Waals surface area contributed by atoms with Gasteiger partial charge in [0.2, 0.25) is 0 Å². The second kappa shape index (κ2) is 5.69. The largest absolute Gasteiger partial charge is 0.462 e. The van der Waals surface area contributed by atoms with E-state index in [2.05, 4.69) is 21.9 Å². The molecule has 3 rings (SSSR count). The van der Waals surface area contributed by atoms with E-state index in [1.807, 2.05) is 12.3 Å². The van der Waals surface area contributed by atoms with Crippen molar-refractivity contribution in [2.75, 3.05) is 31.3 Å². The van der Waals surface area contributed by atoms with Gasteiger partial charge in [-0.1, -0.05) is 0 Å². The molecule has 112 valence electrons. The van der Waals surface area contributed by atoms with Crippen molar-refractivity contribution >= 4 is 17.4 Å². The van der Waals surface area contributed by atoms with Crippen LogP contribution in [0.4, 0.5) is 5.82 Å². The number of rotatable bonds is 3. The van der Waals surface area contributed by atoms with E-state index in [0.717, 1.165) is 12.4 Å². The molecule has 1 saturated heterocycles. The number of carbonyl (C=O) groups excluding carboxylic acids is 1. The average Bonchev–Trinajstić information content (AvgIpc) is 2.91. The molecule has 1 aliphatic rings. The van der Waals surface area contributed by atoms with E-state index in [9.17, 15) is 4.79 Å². The van der Waals surface area contributed by atoms with Gasteiger partial charge in [0.25, 0.3) is 0 Å². The number of esters is 1. The summed E-state index contributed by atoms with van der Waals surface area (Å²) in [7, 11) is 0. The van der Waals surface area contributed by atoms with Gasteiger partial charge in [-0.05, 0) is 19.9 Å². The minimum absolute atomic E-state index is 0.252. The van der Waals surface area contributed by atoms with Crippen molar-refractivity contribution in [2.24, 2.45) is 0 Å². The van der Waals surface area contributed by atoms with Gasteiger partial charge in [0, 0.05) is 12.7 Å². The Hall–Kier alpha value is -2.15. The summed E-state index contributed by atoms with van der Waals surface area (Å²) >= 11 is 0. The molecule has 0 radical (unpaired) electrons. The van der Waals surface area contributed by atoms with Gasteiger partial charge in [-0.3, -0.25) is 0 Å². The topological polar surface area (TPSA) is 69.0 Å². The predicted octanol–water partition coefficient (Wildman–Crippen LogP) is 1.13. The molecule has 0 saturated carbocycles. The Labute approximate surface area is 122 Å². The van der Waals surface area contributed by atoms with Crippen molar-refractivity contribution in [3.8, 4) is 0 Å². The van der Waals surface area contributed by atoms with Crippen molar-refractivity contribution in [1.82, 2.24) is 14.6 Å². The molecule has 3 heterocycles. The fourth-order valence-corrected chi connectivity index (χ4v) is 2.44. The lowest BCUT2D eigenvalue weighted by molar-refractivity contribution is 0.0528. The molecule has 1 aliphatic heterocycles. The molecular formula is C14H18N4O3. The first-order valence-corrected chi connectivity index (χ1v) is 7.06. The Kier molecular flexibility index (Phi) is 3.74. The van der Waals surface area contributed by atoms with Gasteiger partial charge in [-0.15, -0.1) is 0 Å². The highest BCUT2D eigenvalue weighted by molar-refractivity contribution is 5.95. The number of carbonyl (C=O) groups is 1. The summed E-state index contributed by atoms with van der Waals surface area (Å²) in [4.78, 5) is 18.7. The van der Waals surface area contributed by atoms with Crippen LogP contribution in [-0.2, 0) is 9.47 Å². The molecule has 21 heavy (non-hydrogen) atoms. The Bertz CT molecular complexity index is 655. The maximum atomic E-state index is 11.9. The fraction of sp³-hybridized carbons (Fsp3) is 0.500. The van der Waals surface area contributed by atoms with Crippen molar-refractivity contribution in [2.45, 2.75) is 19.9 Å². The van der Waals surface area contributed by atoms with Crippen LogP contribution in [0.1, 0.15) is 24.2 Å². The highest BCUT2D eigenvalue weighted by Crippen LogP contribution is 2.19. The monoisotopic (exact) mass is 290 g/mol. The SMILES string of the molecule is CCOC(=O)c1cnn2ccc(N3CCOC[C@H]3C)nc12. The molecule has 0 unspecified atom stereocenters. The number of morpholine rings is 1. The zero-order chi connectivity index (χ0) is 14.8. The number of hydrogen-bond donors (Lipinski definition) is 0. The zero-order valence-electron chi connectivity index (χ0n) is 12.2. The first-order valence-electron chi connectivity index (χ1n) is 7.06. The summed E-state index contributed by atoms with van der Waals surface area (Å²) in [5.74, 6) is 0.427. The summed E-state index contributed by atoms with van der Waals surface area (Å²) < 4.78 is 12.1. The maximum Gasteiger partial charge on any atom is 0.343 e. The van der Waals surface area contributed by atoms with Crippen LogP contribution in [0.5, 0.6) is 0 Å². The zero-order valence-corrected chi connectivity index (χ0v) is 12.2. The lowest BCUT2D eigenvalue weighted by atomic mass is 10.2. The summed E-state index contributed by atoms with van der Waals surface area (Å²) in [5, 5.41) is 4.14. The Morgan fingerprint density at radius 2 is 2.43 bits per heavy atom. The number of nitrogens with zero attached hydrogens (tertiary/aromatic N) is 4. The van der Waals surface area contributed by atoms with Crippen LogP contribution in [-0.4, -0.2) is 53.0 Å². The number of fused-ring (bicyclic) bond motifs is 1. The van der Waals surface area contributed by atoms with E-state index < -0.39 is 5.97 Å². The molecule has 1 fully saturated rings.